The fraction of sp³-hybridized carbons (Fsp3) is 0.0909. The first-order chi connectivity index (χ1) is 6.45. The molecule has 0 atom stereocenters. The molecule has 1 nitrogen and oxygen atoms in total. The number of hydrogen-bond donors (Lipinski definition) is 0. The molecule has 66 valence electrons. The molecule has 1 aromatic heterocycles. The molecule has 2 heteroatoms. The summed E-state index contributed by atoms with van der Waals surface area (Å²) >= 11 is 1.78. The summed E-state index contributed by atoms with van der Waals surface area (Å²) in [5.41, 5.74) is 0. The van der Waals surface area contributed by atoms with Crippen molar-refractivity contribution in [2.45, 2.75) is 10.6 Å². The second-order valence-electron chi connectivity index (χ2n) is 2.68. The first-order valence-electron chi connectivity index (χ1n) is 4.15. The van der Waals surface area contributed by atoms with Crippen molar-refractivity contribution in [1.29, 1.82) is 0 Å². The Kier molecular flexibility index (Phi) is 2.72. The zero-order valence-corrected chi connectivity index (χ0v) is 7.96. The van der Waals surface area contributed by atoms with Crippen molar-refractivity contribution >= 4 is 11.8 Å². The monoisotopic (exact) mass is 190 g/mol. The van der Waals surface area contributed by atoms with Crippen molar-refractivity contribution in [3.63, 3.8) is 0 Å². The van der Waals surface area contributed by atoms with Gasteiger partial charge in [-0.3, -0.25) is 0 Å². The largest absolute Gasteiger partial charge is 0.468 e. The lowest BCUT2D eigenvalue weighted by atomic mass is 10.4. The zero-order valence-electron chi connectivity index (χ0n) is 7.14. The Hall–Kier alpha value is -1.15. The van der Waals surface area contributed by atoms with Crippen LogP contribution in [-0.4, -0.2) is 0 Å². The third-order valence-electron chi connectivity index (χ3n) is 1.70. The normalized spacial score (nSPS) is 10.2. The topological polar surface area (TPSA) is 13.1 Å². The molecule has 0 spiro atoms. The summed E-state index contributed by atoms with van der Waals surface area (Å²) < 4.78 is 5.23. The summed E-state index contributed by atoms with van der Waals surface area (Å²) in [7, 11) is 0. The second kappa shape index (κ2) is 4.19. The van der Waals surface area contributed by atoms with Crippen LogP contribution in [0.3, 0.4) is 0 Å². The highest BCUT2D eigenvalue weighted by atomic mass is 32.2. The van der Waals surface area contributed by atoms with Crippen LogP contribution in [0.4, 0.5) is 0 Å². The highest BCUT2D eigenvalue weighted by molar-refractivity contribution is 7.98. The quantitative estimate of drug-likeness (QED) is 0.686. The summed E-state index contributed by atoms with van der Waals surface area (Å²) in [4.78, 5) is 1.28. The molecular formula is C11H10OS. The van der Waals surface area contributed by atoms with Gasteiger partial charge in [0.05, 0.1) is 12.0 Å². The molecule has 0 N–H and O–H groups in total. The van der Waals surface area contributed by atoms with Gasteiger partial charge in [-0.05, 0) is 24.3 Å². The number of hydrogen-bond acceptors (Lipinski definition) is 2. The van der Waals surface area contributed by atoms with E-state index in [9.17, 15) is 0 Å². The maximum Gasteiger partial charge on any atom is 0.113 e. The van der Waals surface area contributed by atoms with E-state index in [-0.39, 0.29) is 0 Å². The molecular weight excluding hydrogens is 180 g/mol. The molecule has 0 bridgehead atoms. The average molecular weight is 190 g/mol. The van der Waals surface area contributed by atoms with E-state index in [0.29, 0.717) is 0 Å². The molecule has 0 aliphatic carbocycles. The molecule has 0 amide bonds. The average Bonchev–Trinajstić information content (AvgIpc) is 2.69. The van der Waals surface area contributed by atoms with Gasteiger partial charge in [-0.1, -0.05) is 18.2 Å². The predicted octanol–water partition coefficient (Wildman–Crippen LogP) is 3.57. The number of benzene rings is 1. The molecule has 0 saturated carbocycles. The van der Waals surface area contributed by atoms with E-state index in [4.69, 9.17) is 4.42 Å². The van der Waals surface area contributed by atoms with E-state index in [1.54, 1.807) is 18.0 Å². The Labute approximate surface area is 81.8 Å². The Morgan fingerprint density at radius 3 is 2.54 bits per heavy atom. The zero-order chi connectivity index (χ0) is 8.93. The minimum atomic E-state index is 0.900. The Morgan fingerprint density at radius 1 is 1.00 bits per heavy atom. The van der Waals surface area contributed by atoms with Crippen LogP contribution in [0.2, 0.25) is 0 Å². The van der Waals surface area contributed by atoms with E-state index in [1.165, 1.54) is 4.90 Å². The van der Waals surface area contributed by atoms with Gasteiger partial charge >= 0.3 is 0 Å². The molecule has 1 heterocycles. The van der Waals surface area contributed by atoms with Crippen LogP contribution in [0.15, 0.2) is 58.0 Å². The highest BCUT2D eigenvalue weighted by Gasteiger charge is 1.96. The van der Waals surface area contributed by atoms with Crippen LogP contribution < -0.4 is 0 Å². The van der Waals surface area contributed by atoms with E-state index >= 15 is 0 Å². The first-order valence-corrected chi connectivity index (χ1v) is 5.14. The first kappa shape index (κ1) is 8.45. The van der Waals surface area contributed by atoms with Gasteiger partial charge < -0.3 is 4.42 Å². The van der Waals surface area contributed by atoms with Crippen molar-refractivity contribution in [2.75, 3.05) is 0 Å². The molecule has 0 radical (unpaired) electrons. The summed E-state index contributed by atoms with van der Waals surface area (Å²) in [6, 6.07) is 14.2. The summed E-state index contributed by atoms with van der Waals surface area (Å²) in [6.07, 6.45) is 1.71. The van der Waals surface area contributed by atoms with Gasteiger partial charge in [0.15, 0.2) is 0 Å². The van der Waals surface area contributed by atoms with Crippen LogP contribution in [0.5, 0.6) is 0 Å². The summed E-state index contributed by atoms with van der Waals surface area (Å²) in [5.74, 6) is 1.92. The minimum absolute atomic E-state index is 0.900. The third kappa shape index (κ3) is 2.39. The molecule has 0 fully saturated rings. The highest BCUT2D eigenvalue weighted by Crippen LogP contribution is 2.21. The lowest BCUT2D eigenvalue weighted by Gasteiger charge is -1.97. The minimum Gasteiger partial charge on any atom is -0.468 e. The van der Waals surface area contributed by atoms with Crippen LogP contribution in [0.25, 0.3) is 0 Å². The Balaban J connectivity index is 1.94. The third-order valence-corrected chi connectivity index (χ3v) is 2.74. The van der Waals surface area contributed by atoms with Gasteiger partial charge in [-0.2, -0.15) is 0 Å². The van der Waals surface area contributed by atoms with Crippen molar-refractivity contribution in [1.82, 2.24) is 0 Å². The fourth-order valence-electron chi connectivity index (χ4n) is 1.07. The standard InChI is InChI=1S/C11H10OS/c1-2-6-11(7-3-1)13-9-10-5-4-8-12-10/h1-8H,9H2. The molecule has 2 aromatic rings. The SMILES string of the molecule is c1ccc(SCc2ccco2)cc1. The van der Waals surface area contributed by atoms with Gasteiger partial charge in [0.25, 0.3) is 0 Å². The molecule has 2 rings (SSSR count). The van der Waals surface area contributed by atoms with Crippen molar-refractivity contribution in [2.24, 2.45) is 0 Å². The van der Waals surface area contributed by atoms with Gasteiger partial charge in [-0.15, -0.1) is 11.8 Å². The molecule has 13 heavy (non-hydrogen) atoms. The number of furan rings is 1. The molecule has 0 aliphatic rings. The van der Waals surface area contributed by atoms with Gasteiger partial charge in [-0.25, -0.2) is 0 Å². The Bertz CT molecular complexity index is 340. The fourth-order valence-corrected chi connectivity index (χ4v) is 1.89. The van der Waals surface area contributed by atoms with Crippen LogP contribution in [0, 0.1) is 0 Å². The van der Waals surface area contributed by atoms with Crippen LogP contribution in [-0.2, 0) is 5.75 Å². The summed E-state index contributed by atoms with van der Waals surface area (Å²) in [5, 5.41) is 0. The Morgan fingerprint density at radius 2 is 1.85 bits per heavy atom. The smallest absolute Gasteiger partial charge is 0.113 e. The second-order valence-corrected chi connectivity index (χ2v) is 3.73. The molecule has 0 unspecified atom stereocenters. The summed E-state index contributed by atoms with van der Waals surface area (Å²) in [6.45, 7) is 0. The van der Waals surface area contributed by atoms with Gasteiger partial charge in [0.2, 0.25) is 0 Å². The number of thioether (sulfide) groups is 1. The molecule has 0 saturated heterocycles. The van der Waals surface area contributed by atoms with Gasteiger partial charge in [0.1, 0.15) is 5.76 Å². The van der Waals surface area contributed by atoms with Gasteiger partial charge in [0, 0.05) is 4.90 Å². The lowest BCUT2D eigenvalue weighted by molar-refractivity contribution is 0.530. The van der Waals surface area contributed by atoms with Crippen molar-refractivity contribution in [3.05, 3.63) is 54.5 Å². The van der Waals surface area contributed by atoms with E-state index in [2.05, 4.69) is 12.1 Å². The molecule has 1 aromatic carbocycles. The van der Waals surface area contributed by atoms with E-state index < -0.39 is 0 Å². The van der Waals surface area contributed by atoms with Crippen molar-refractivity contribution in [3.8, 4) is 0 Å². The lowest BCUT2D eigenvalue weighted by Crippen LogP contribution is -1.74. The van der Waals surface area contributed by atoms with Crippen LogP contribution in [0.1, 0.15) is 5.76 Å². The van der Waals surface area contributed by atoms with E-state index in [1.807, 2.05) is 30.3 Å². The maximum absolute atomic E-state index is 5.23. The predicted molar refractivity (Wildman–Crippen MR) is 54.7 cm³/mol. The van der Waals surface area contributed by atoms with E-state index in [0.717, 1.165) is 11.5 Å². The van der Waals surface area contributed by atoms with Crippen molar-refractivity contribution < 1.29 is 4.42 Å². The van der Waals surface area contributed by atoms with Crippen LogP contribution >= 0.6 is 11.8 Å². The molecule has 0 aliphatic heterocycles. The number of rotatable bonds is 3. The maximum atomic E-state index is 5.23.